The summed E-state index contributed by atoms with van der Waals surface area (Å²) in [4.78, 5) is 13.1. The van der Waals surface area contributed by atoms with Crippen molar-refractivity contribution in [2.24, 2.45) is 0 Å². The highest BCUT2D eigenvalue weighted by Gasteiger charge is 2.12. The maximum atomic E-state index is 13.0. The van der Waals surface area contributed by atoms with E-state index in [2.05, 4.69) is 15.0 Å². The summed E-state index contributed by atoms with van der Waals surface area (Å²) in [6.45, 7) is 4.07. The molecule has 106 valence electrons. The van der Waals surface area contributed by atoms with Gasteiger partial charge in [0, 0.05) is 5.56 Å². The zero-order chi connectivity index (χ0) is 15.0. The summed E-state index contributed by atoms with van der Waals surface area (Å²) in [6.07, 6.45) is 0. The molecule has 0 saturated carbocycles. The number of aromatic nitrogens is 3. The summed E-state index contributed by atoms with van der Waals surface area (Å²) in [7, 11) is 0. The number of benzene rings is 1. The SMILES string of the molecule is CC(C)c1nc(N)nc2ccc(-c3ccc(F)cc3)nc12. The molecule has 0 amide bonds. The average molecular weight is 282 g/mol. The van der Waals surface area contributed by atoms with Crippen LogP contribution in [-0.4, -0.2) is 15.0 Å². The zero-order valence-corrected chi connectivity index (χ0v) is 11.8. The lowest BCUT2D eigenvalue weighted by Crippen LogP contribution is -2.04. The summed E-state index contributed by atoms with van der Waals surface area (Å²) in [5.41, 5.74) is 9.63. The molecule has 2 heterocycles. The fourth-order valence-corrected chi connectivity index (χ4v) is 2.24. The highest BCUT2D eigenvalue weighted by atomic mass is 19.1. The van der Waals surface area contributed by atoms with Gasteiger partial charge in [-0.25, -0.2) is 19.3 Å². The molecular weight excluding hydrogens is 267 g/mol. The molecule has 2 N–H and O–H groups in total. The molecule has 0 unspecified atom stereocenters. The van der Waals surface area contributed by atoms with Crippen LogP contribution in [0.1, 0.15) is 25.5 Å². The van der Waals surface area contributed by atoms with Gasteiger partial charge in [0.15, 0.2) is 0 Å². The van der Waals surface area contributed by atoms with Crippen LogP contribution < -0.4 is 5.73 Å². The largest absolute Gasteiger partial charge is 0.368 e. The van der Waals surface area contributed by atoms with Crippen molar-refractivity contribution in [1.82, 2.24) is 15.0 Å². The minimum Gasteiger partial charge on any atom is -0.368 e. The number of rotatable bonds is 2. The van der Waals surface area contributed by atoms with E-state index in [9.17, 15) is 4.39 Å². The van der Waals surface area contributed by atoms with E-state index in [0.29, 0.717) is 0 Å². The third-order valence-corrected chi connectivity index (χ3v) is 3.27. The Kier molecular flexibility index (Phi) is 3.25. The van der Waals surface area contributed by atoms with Gasteiger partial charge in [-0.15, -0.1) is 0 Å². The lowest BCUT2D eigenvalue weighted by atomic mass is 10.1. The van der Waals surface area contributed by atoms with Crippen molar-refractivity contribution in [3.63, 3.8) is 0 Å². The van der Waals surface area contributed by atoms with Gasteiger partial charge in [-0.3, -0.25) is 0 Å². The molecule has 3 rings (SSSR count). The Morgan fingerprint density at radius 3 is 2.33 bits per heavy atom. The zero-order valence-electron chi connectivity index (χ0n) is 11.8. The van der Waals surface area contributed by atoms with Crippen LogP contribution in [0.4, 0.5) is 10.3 Å². The van der Waals surface area contributed by atoms with Gasteiger partial charge in [0.2, 0.25) is 5.95 Å². The van der Waals surface area contributed by atoms with Gasteiger partial charge in [0.25, 0.3) is 0 Å². The number of fused-ring (bicyclic) bond motifs is 1. The predicted molar refractivity (Wildman–Crippen MR) is 81.2 cm³/mol. The summed E-state index contributed by atoms with van der Waals surface area (Å²) < 4.78 is 13.0. The highest BCUT2D eigenvalue weighted by molar-refractivity contribution is 5.81. The van der Waals surface area contributed by atoms with E-state index in [1.54, 1.807) is 12.1 Å². The second-order valence-corrected chi connectivity index (χ2v) is 5.19. The molecular formula is C16H15FN4. The molecule has 21 heavy (non-hydrogen) atoms. The Balaban J connectivity index is 2.21. The van der Waals surface area contributed by atoms with E-state index < -0.39 is 0 Å². The Morgan fingerprint density at radius 1 is 0.952 bits per heavy atom. The van der Waals surface area contributed by atoms with Crippen molar-refractivity contribution in [2.75, 3.05) is 5.73 Å². The fraction of sp³-hybridized carbons (Fsp3) is 0.188. The number of nitrogen functional groups attached to an aromatic ring is 1. The second kappa shape index (κ2) is 5.09. The molecule has 1 aromatic carbocycles. The first-order valence-corrected chi connectivity index (χ1v) is 6.74. The number of nitrogens with two attached hydrogens (primary N) is 1. The van der Waals surface area contributed by atoms with Crippen LogP contribution in [0.3, 0.4) is 0 Å². The van der Waals surface area contributed by atoms with Crippen LogP contribution in [0.5, 0.6) is 0 Å². The van der Waals surface area contributed by atoms with Gasteiger partial charge >= 0.3 is 0 Å². The van der Waals surface area contributed by atoms with Crippen LogP contribution >= 0.6 is 0 Å². The van der Waals surface area contributed by atoms with Gasteiger partial charge < -0.3 is 5.73 Å². The molecule has 5 heteroatoms. The number of nitrogens with zero attached hydrogens (tertiary/aromatic N) is 3. The second-order valence-electron chi connectivity index (χ2n) is 5.19. The minimum absolute atomic E-state index is 0.189. The van der Waals surface area contributed by atoms with Crippen LogP contribution in [-0.2, 0) is 0 Å². The molecule has 0 aliphatic heterocycles. The highest BCUT2D eigenvalue weighted by Crippen LogP contribution is 2.25. The molecule has 0 atom stereocenters. The van der Waals surface area contributed by atoms with Gasteiger partial charge in [0.05, 0.1) is 16.9 Å². The summed E-state index contributed by atoms with van der Waals surface area (Å²) in [5, 5.41) is 0. The van der Waals surface area contributed by atoms with Crippen molar-refractivity contribution >= 4 is 17.0 Å². The molecule has 0 saturated heterocycles. The Hall–Kier alpha value is -2.56. The van der Waals surface area contributed by atoms with Crippen LogP contribution in [0.15, 0.2) is 36.4 Å². The van der Waals surface area contributed by atoms with Crippen LogP contribution in [0, 0.1) is 5.82 Å². The molecule has 4 nitrogen and oxygen atoms in total. The fourth-order valence-electron chi connectivity index (χ4n) is 2.24. The van der Waals surface area contributed by atoms with Crippen LogP contribution in [0.25, 0.3) is 22.3 Å². The van der Waals surface area contributed by atoms with Gasteiger partial charge in [-0.1, -0.05) is 13.8 Å². The monoisotopic (exact) mass is 282 g/mol. The summed E-state index contributed by atoms with van der Waals surface area (Å²) in [5.74, 6) is 0.176. The first kappa shape index (κ1) is 13.4. The molecule has 3 aromatic rings. The Labute approximate surface area is 121 Å². The lowest BCUT2D eigenvalue weighted by Gasteiger charge is -2.10. The summed E-state index contributed by atoms with van der Waals surface area (Å²) in [6, 6.07) is 9.97. The van der Waals surface area contributed by atoms with Crippen molar-refractivity contribution in [3.05, 3.63) is 47.9 Å². The maximum Gasteiger partial charge on any atom is 0.220 e. The first-order valence-electron chi connectivity index (χ1n) is 6.74. The number of halogens is 1. The van der Waals surface area contributed by atoms with E-state index in [1.807, 2.05) is 26.0 Å². The third kappa shape index (κ3) is 2.54. The van der Waals surface area contributed by atoms with E-state index in [-0.39, 0.29) is 17.7 Å². The van der Waals surface area contributed by atoms with E-state index in [1.165, 1.54) is 12.1 Å². The molecule has 0 radical (unpaired) electrons. The van der Waals surface area contributed by atoms with Crippen molar-refractivity contribution in [1.29, 1.82) is 0 Å². The smallest absolute Gasteiger partial charge is 0.220 e. The van der Waals surface area contributed by atoms with E-state index in [0.717, 1.165) is 28.0 Å². The van der Waals surface area contributed by atoms with Gasteiger partial charge in [-0.05, 0) is 42.3 Å². The molecule has 0 fully saturated rings. The maximum absolute atomic E-state index is 13.0. The van der Waals surface area contributed by atoms with Crippen molar-refractivity contribution in [3.8, 4) is 11.3 Å². The number of hydrogen-bond acceptors (Lipinski definition) is 4. The van der Waals surface area contributed by atoms with Gasteiger partial charge in [-0.2, -0.15) is 0 Å². The molecule has 2 aromatic heterocycles. The minimum atomic E-state index is -0.265. The predicted octanol–water partition coefficient (Wildman–Crippen LogP) is 3.54. The van der Waals surface area contributed by atoms with Crippen molar-refractivity contribution < 1.29 is 4.39 Å². The third-order valence-electron chi connectivity index (χ3n) is 3.27. The topological polar surface area (TPSA) is 64.7 Å². The molecule has 0 aliphatic rings. The number of anilines is 1. The Morgan fingerprint density at radius 2 is 1.67 bits per heavy atom. The molecule has 0 aliphatic carbocycles. The molecule has 0 bridgehead atoms. The molecule has 0 spiro atoms. The van der Waals surface area contributed by atoms with Crippen molar-refractivity contribution in [2.45, 2.75) is 19.8 Å². The normalized spacial score (nSPS) is 11.2. The number of hydrogen-bond donors (Lipinski definition) is 1. The van der Waals surface area contributed by atoms with E-state index >= 15 is 0 Å². The average Bonchev–Trinajstić information content (AvgIpc) is 2.46. The summed E-state index contributed by atoms with van der Waals surface area (Å²) >= 11 is 0. The quantitative estimate of drug-likeness (QED) is 0.780. The van der Waals surface area contributed by atoms with Gasteiger partial charge in [0.1, 0.15) is 11.3 Å². The standard InChI is InChI=1S/C16H15FN4/c1-9(2)14-15-13(20-16(18)21-14)8-7-12(19-15)10-3-5-11(17)6-4-10/h3-9H,1-2H3,(H2,18,20,21). The van der Waals surface area contributed by atoms with Crippen LogP contribution in [0.2, 0.25) is 0 Å². The lowest BCUT2D eigenvalue weighted by molar-refractivity contribution is 0.628. The number of pyridine rings is 1. The van der Waals surface area contributed by atoms with E-state index in [4.69, 9.17) is 5.73 Å². The first-order chi connectivity index (χ1) is 10.0. The Bertz CT molecular complexity index is 797.